The molecule has 1 aromatic heterocycles. The number of nitrogens with zero attached hydrogens (tertiary/aromatic N) is 3. The summed E-state index contributed by atoms with van der Waals surface area (Å²) in [5.41, 5.74) is 2.14. The largest absolute Gasteiger partial charge is 0.331 e. The fourth-order valence-electron chi connectivity index (χ4n) is 4.55. The van der Waals surface area contributed by atoms with Crippen molar-refractivity contribution in [1.29, 1.82) is 0 Å². The third-order valence-corrected chi connectivity index (χ3v) is 5.77. The topological polar surface area (TPSA) is 38.1 Å². The molecule has 2 aliphatic rings. The Labute approximate surface area is 143 Å². The Hall–Kier alpha value is -1.94. The van der Waals surface area contributed by atoms with E-state index in [0.717, 1.165) is 25.1 Å². The minimum Gasteiger partial charge on any atom is -0.331 e. The van der Waals surface area contributed by atoms with Gasteiger partial charge < -0.3 is 4.57 Å². The first-order valence-corrected chi connectivity index (χ1v) is 9.02. The Balaban J connectivity index is 1.50. The zero-order valence-electron chi connectivity index (χ0n) is 14.3. The third kappa shape index (κ3) is 2.91. The van der Waals surface area contributed by atoms with E-state index in [2.05, 4.69) is 40.2 Å². The predicted octanol–water partition coefficient (Wildman–Crippen LogP) is 3.44. The van der Waals surface area contributed by atoms with Crippen LogP contribution in [0.1, 0.15) is 48.2 Å². The first-order chi connectivity index (χ1) is 11.7. The molecule has 4 heteroatoms. The highest BCUT2D eigenvalue weighted by molar-refractivity contribution is 5.96. The first-order valence-electron chi connectivity index (χ1n) is 9.02. The van der Waals surface area contributed by atoms with E-state index in [9.17, 15) is 4.79 Å². The Morgan fingerprint density at radius 2 is 1.88 bits per heavy atom. The van der Waals surface area contributed by atoms with Crippen molar-refractivity contribution in [2.45, 2.75) is 50.7 Å². The second kappa shape index (κ2) is 6.52. The molecule has 0 saturated carbocycles. The van der Waals surface area contributed by atoms with E-state index in [-0.39, 0.29) is 11.7 Å². The van der Waals surface area contributed by atoms with Gasteiger partial charge in [-0.05, 0) is 31.2 Å². The van der Waals surface area contributed by atoms with Gasteiger partial charge in [-0.3, -0.25) is 9.69 Å². The average molecular weight is 323 g/mol. The number of ketones is 1. The minimum absolute atomic E-state index is 0.155. The van der Waals surface area contributed by atoms with Gasteiger partial charge in [0.05, 0.1) is 12.5 Å². The number of rotatable bonds is 4. The quantitative estimate of drug-likeness (QED) is 0.809. The minimum atomic E-state index is 0.155. The van der Waals surface area contributed by atoms with Gasteiger partial charge in [0.25, 0.3) is 0 Å². The van der Waals surface area contributed by atoms with Gasteiger partial charge >= 0.3 is 0 Å². The van der Waals surface area contributed by atoms with Crippen LogP contribution in [0.3, 0.4) is 0 Å². The highest BCUT2D eigenvalue weighted by Gasteiger charge is 2.41. The Morgan fingerprint density at radius 3 is 2.50 bits per heavy atom. The van der Waals surface area contributed by atoms with Crippen LogP contribution in [0.2, 0.25) is 0 Å². The van der Waals surface area contributed by atoms with Crippen molar-refractivity contribution in [3.05, 3.63) is 54.1 Å². The van der Waals surface area contributed by atoms with E-state index >= 15 is 0 Å². The summed E-state index contributed by atoms with van der Waals surface area (Å²) >= 11 is 0. The van der Waals surface area contributed by atoms with Gasteiger partial charge in [-0.1, -0.05) is 36.8 Å². The summed E-state index contributed by atoms with van der Waals surface area (Å²) in [7, 11) is 1.91. The summed E-state index contributed by atoms with van der Waals surface area (Å²) in [4.78, 5) is 19.7. The van der Waals surface area contributed by atoms with Crippen molar-refractivity contribution in [2.75, 3.05) is 0 Å². The molecule has 24 heavy (non-hydrogen) atoms. The van der Waals surface area contributed by atoms with Crippen molar-refractivity contribution in [1.82, 2.24) is 14.5 Å². The summed E-state index contributed by atoms with van der Waals surface area (Å²) in [6.07, 6.45) is 9.16. The standard InChI is InChI=1S/C20H25N3O/c1-22-14-21-12-19(22)20(24)16-10-17-8-5-9-18(11-16)23(17)13-15-6-3-2-4-7-15/h2-4,6-7,12,14,16-18H,5,8-11,13H2,1H3. The highest BCUT2D eigenvalue weighted by Crippen LogP contribution is 2.39. The van der Waals surface area contributed by atoms with Crippen molar-refractivity contribution in [2.24, 2.45) is 13.0 Å². The second-order valence-electron chi connectivity index (χ2n) is 7.32. The lowest BCUT2D eigenvalue weighted by Crippen LogP contribution is -2.52. The number of benzene rings is 1. The number of imidazole rings is 1. The van der Waals surface area contributed by atoms with E-state index in [1.165, 1.54) is 24.8 Å². The zero-order chi connectivity index (χ0) is 16.5. The summed E-state index contributed by atoms with van der Waals surface area (Å²) < 4.78 is 1.86. The fraction of sp³-hybridized carbons (Fsp3) is 0.500. The molecule has 0 radical (unpaired) electrons. The van der Waals surface area contributed by atoms with Crippen LogP contribution in [0.4, 0.5) is 0 Å². The van der Waals surface area contributed by atoms with Crippen LogP contribution in [-0.2, 0) is 13.6 Å². The monoisotopic (exact) mass is 323 g/mol. The average Bonchev–Trinajstić information content (AvgIpc) is 3.01. The van der Waals surface area contributed by atoms with Crippen molar-refractivity contribution in [3.8, 4) is 0 Å². The van der Waals surface area contributed by atoms with Gasteiger partial charge in [0.15, 0.2) is 5.78 Å². The normalized spacial score (nSPS) is 27.1. The Bertz CT molecular complexity index is 695. The van der Waals surface area contributed by atoms with Gasteiger partial charge in [-0.2, -0.15) is 0 Å². The van der Waals surface area contributed by atoms with Gasteiger partial charge in [-0.15, -0.1) is 0 Å². The lowest BCUT2D eigenvalue weighted by atomic mass is 9.76. The maximum Gasteiger partial charge on any atom is 0.184 e. The summed E-state index contributed by atoms with van der Waals surface area (Å²) in [6.45, 7) is 1.02. The summed E-state index contributed by atoms with van der Waals surface area (Å²) in [5, 5.41) is 0. The van der Waals surface area contributed by atoms with Crippen LogP contribution >= 0.6 is 0 Å². The van der Waals surface area contributed by atoms with Gasteiger partial charge in [0.2, 0.25) is 0 Å². The number of hydrogen-bond acceptors (Lipinski definition) is 3. The number of hydrogen-bond donors (Lipinski definition) is 0. The molecule has 0 spiro atoms. The summed E-state index contributed by atoms with van der Waals surface area (Å²) in [6, 6.07) is 11.8. The smallest absolute Gasteiger partial charge is 0.184 e. The molecule has 2 aromatic rings. The molecule has 2 fully saturated rings. The maximum atomic E-state index is 12.9. The molecule has 126 valence electrons. The molecule has 2 saturated heterocycles. The van der Waals surface area contributed by atoms with E-state index in [0.29, 0.717) is 12.1 Å². The first kappa shape index (κ1) is 15.6. The van der Waals surface area contributed by atoms with Crippen molar-refractivity contribution in [3.63, 3.8) is 0 Å². The molecule has 0 amide bonds. The van der Waals surface area contributed by atoms with Crippen LogP contribution in [0.25, 0.3) is 0 Å². The molecule has 4 rings (SSSR count). The molecule has 2 bridgehead atoms. The molecule has 1 aromatic carbocycles. The molecule has 2 atom stereocenters. The highest BCUT2D eigenvalue weighted by atomic mass is 16.1. The fourth-order valence-corrected chi connectivity index (χ4v) is 4.55. The Morgan fingerprint density at radius 1 is 1.17 bits per heavy atom. The number of Topliss-reactive ketones (excluding diaryl/α,β-unsaturated/α-hetero) is 1. The predicted molar refractivity (Wildman–Crippen MR) is 93.7 cm³/mol. The molecule has 2 unspecified atom stereocenters. The number of piperidine rings is 2. The number of carbonyl (C=O) groups is 1. The second-order valence-corrected chi connectivity index (χ2v) is 7.32. The Kier molecular flexibility index (Phi) is 4.23. The number of aryl methyl sites for hydroxylation is 1. The SMILES string of the molecule is Cn1cncc1C(=O)C1CC2CCCC(C1)N2Cc1ccccc1. The molecular weight excluding hydrogens is 298 g/mol. The van der Waals surface area contributed by atoms with Crippen LogP contribution in [0, 0.1) is 5.92 Å². The van der Waals surface area contributed by atoms with E-state index in [4.69, 9.17) is 0 Å². The molecule has 0 aliphatic carbocycles. The van der Waals surface area contributed by atoms with Gasteiger partial charge in [-0.25, -0.2) is 4.98 Å². The zero-order valence-corrected chi connectivity index (χ0v) is 14.3. The van der Waals surface area contributed by atoms with Gasteiger partial charge in [0, 0.05) is 31.6 Å². The van der Waals surface area contributed by atoms with Crippen LogP contribution < -0.4 is 0 Å². The molecule has 2 aliphatic heterocycles. The van der Waals surface area contributed by atoms with Crippen molar-refractivity contribution >= 4 is 5.78 Å². The van der Waals surface area contributed by atoms with E-state index < -0.39 is 0 Å². The maximum absolute atomic E-state index is 12.9. The lowest BCUT2D eigenvalue weighted by molar-refractivity contribution is 0.00882. The third-order valence-electron chi connectivity index (χ3n) is 5.77. The molecular formula is C20H25N3O. The molecule has 0 N–H and O–H groups in total. The van der Waals surface area contributed by atoms with Crippen LogP contribution in [0.5, 0.6) is 0 Å². The van der Waals surface area contributed by atoms with E-state index in [1.54, 1.807) is 12.5 Å². The summed E-state index contributed by atoms with van der Waals surface area (Å²) in [5.74, 6) is 0.439. The lowest BCUT2D eigenvalue weighted by Gasteiger charge is -2.48. The number of aromatic nitrogens is 2. The number of carbonyl (C=O) groups excluding carboxylic acids is 1. The van der Waals surface area contributed by atoms with Crippen LogP contribution in [-0.4, -0.2) is 32.3 Å². The number of fused-ring (bicyclic) bond motifs is 2. The molecule has 4 nitrogen and oxygen atoms in total. The van der Waals surface area contributed by atoms with E-state index in [1.807, 2.05) is 11.6 Å². The van der Waals surface area contributed by atoms with Gasteiger partial charge in [0.1, 0.15) is 5.69 Å². The van der Waals surface area contributed by atoms with Crippen molar-refractivity contribution < 1.29 is 4.79 Å². The molecule has 3 heterocycles. The van der Waals surface area contributed by atoms with Crippen LogP contribution in [0.15, 0.2) is 42.9 Å².